The first-order chi connectivity index (χ1) is 8.53. The zero-order valence-corrected chi connectivity index (χ0v) is 9.63. The number of rotatable bonds is 1. The van der Waals surface area contributed by atoms with Crippen LogP contribution in [0.4, 0.5) is 16.2 Å². The summed E-state index contributed by atoms with van der Waals surface area (Å²) in [6.07, 6.45) is 1.97. The standard InChI is InChI=1S/C12H12N2O4/c15-11(16)13-7-12(4-1-5-12)9-3-2-8(14(17)18)6-10(9)13/h2-3,6H,1,4-5,7H2,(H,15,16). The number of nitro groups is 1. The Bertz CT molecular complexity index is 551. The van der Waals surface area contributed by atoms with Gasteiger partial charge in [0.25, 0.3) is 5.69 Å². The van der Waals surface area contributed by atoms with Crippen LogP contribution in [0, 0.1) is 10.1 Å². The van der Waals surface area contributed by atoms with Crippen LogP contribution in [0.15, 0.2) is 18.2 Å². The molecule has 0 atom stereocenters. The Morgan fingerprint density at radius 2 is 2.17 bits per heavy atom. The highest BCUT2D eigenvalue weighted by molar-refractivity contribution is 5.91. The molecule has 1 saturated carbocycles. The third-order valence-electron chi connectivity index (χ3n) is 4.06. The molecule has 1 amide bonds. The Labute approximate surface area is 103 Å². The van der Waals surface area contributed by atoms with E-state index in [-0.39, 0.29) is 11.1 Å². The molecule has 6 heteroatoms. The summed E-state index contributed by atoms with van der Waals surface area (Å²) in [4.78, 5) is 22.7. The second-order valence-electron chi connectivity index (χ2n) is 4.96. The fourth-order valence-corrected chi connectivity index (χ4v) is 2.98. The van der Waals surface area contributed by atoms with Gasteiger partial charge >= 0.3 is 6.09 Å². The lowest BCUT2D eigenvalue weighted by molar-refractivity contribution is -0.384. The topological polar surface area (TPSA) is 83.7 Å². The Kier molecular flexibility index (Phi) is 2.10. The zero-order chi connectivity index (χ0) is 12.9. The Morgan fingerprint density at radius 3 is 2.67 bits per heavy atom. The molecule has 1 aromatic rings. The zero-order valence-electron chi connectivity index (χ0n) is 9.63. The summed E-state index contributed by atoms with van der Waals surface area (Å²) in [5, 5.41) is 20.0. The van der Waals surface area contributed by atoms with Crippen LogP contribution in [0.2, 0.25) is 0 Å². The van der Waals surface area contributed by atoms with Crippen molar-refractivity contribution in [3.8, 4) is 0 Å². The number of amides is 1. The van der Waals surface area contributed by atoms with Gasteiger partial charge in [-0.2, -0.15) is 0 Å². The van der Waals surface area contributed by atoms with Gasteiger partial charge in [-0.1, -0.05) is 6.42 Å². The van der Waals surface area contributed by atoms with Crippen LogP contribution in [0.5, 0.6) is 0 Å². The fraction of sp³-hybridized carbons (Fsp3) is 0.417. The van der Waals surface area contributed by atoms with Crippen LogP contribution >= 0.6 is 0 Å². The average molecular weight is 248 g/mol. The molecular weight excluding hydrogens is 236 g/mol. The van der Waals surface area contributed by atoms with E-state index in [4.69, 9.17) is 0 Å². The van der Waals surface area contributed by atoms with E-state index < -0.39 is 11.0 Å². The molecule has 0 aromatic heterocycles. The summed E-state index contributed by atoms with van der Waals surface area (Å²) in [6.45, 7) is 0.429. The first kappa shape index (κ1) is 11.0. The molecule has 18 heavy (non-hydrogen) atoms. The van der Waals surface area contributed by atoms with Gasteiger partial charge in [0.05, 0.1) is 10.6 Å². The molecule has 1 heterocycles. The SMILES string of the molecule is O=C(O)N1CC2(CCC2)c2ccc([N+](=O)[O-])cc21. The van der Waals surface area contributed by atoms with Gasteiger partial charge in [0.1, 0.15) is 0 Å². The second-order valence-corrected chi connectivity index (χ2v) is 4.96. The largest absolute Gasteiger partial charge is 0.465 e. The maximum Gasteiger partial charge on any atom is 0.411 e. The van der Waals surface area contributed by atoms with Crippen molar-refractivity contribution in [1.82, 2.24) is 0 Å². The third kappa shape index (κ3) is 1.32. The highest BCUT2D eigenvalue weighted by Crippen LogP contribution is 2.53. The lowest BCUT2D eigenvalue weighted by Crippen LogP contribution is -2.40. The molecule has 1 aromatic carbocycles. The number of carboxylic acid groups (broad SMARTS) is 1. The van der Waals surface area contributed by atoms with Crippen molar-refractivity contribution in [2.45, 2.75) is 24.7 Å². The van der Waals surface area contributed by atoms with Crippen molar-refractivity contribution in [1.29, 1.82) is 0 Å². The van der Waals surface area contributed by atoms with E-state index >= 15 is 0 Å². The highest BCUT2D eigenvalue weighted by atomic mass is 16.6. The van der Waals surface area contributed by atoms with Crippen molar-refractivity contribution in [3.05, 3.63) is 33.9 Å². The first-order valence-corrected chi connectivity index (χ1v) is 5.83. The van der Waals surface area contributed by atoms with E-state index in [9.17, 15) is 20.0 Å². The quantitative estimate of drug-likeness (QED) is 0.611. The molecule has 0 bridgehead atoms. The maximum absolute atomic E-state index is 11.2. The lowest BCUT2D eigenvalue weighted by atomic mass is 9.66. The fourth-order valence-electron chi connectivity index (χ4n) is 2.98. The van der Waals surface area contributed by atoms with Crippen LogP contribution < -0.4 is 4.90 Å². The van der Waals surface area contributed by atoms with Gasteiger partial charge in [-0.3, -0.25) is 15.0 Å². The molecule has 0 unspecified atom stereocenters. The summed E-state index contributed by atoms with van der Waals surface area (Å²) >= 11 is 0. The van der Waals surface area contributed by atoms with E-state index in [2.05, 4.69) is 0 Å². The number of anilines is 1. The van der Waals surface area contributed by atoms with E-state index in [0.29, 0.717) is 12.2 Å². The van der Waals surface area contributed by atoms with Crippen molar-refractivity contribution in [2.24, 2.45) is 0 Å². The van der Waals surface area contributed by atoms with Gasteiger partial charge < -0.3 is 5.11 Å². The Hall–Kier alpha value is -2.11. The molecule has 3 rings (SSSR count). The van der Waals surface area contributed by atoms with Crippen molar-refractivity contribution < 1.29 is 14.8 Å². The Morgan fingerprint density at radius 1 is 1.44 bits per heavy atom. The molecular formula is C12H12N2O4. The first-order valence-electron chi connectivity index (χ1n) is 5.83. The monoisotopic (exact) mass is 248 g/mol. The van der Waals surface area contributed by atoms with E-state index in [1.165, 1.54) is 17.0 Å². The lowest BCUT2D eigenvalue weighted by Gasteiger charge is -2.38. The molecule has 0 radical (unpaired) electrons. The summed E-state index contributed by atoms with van der Waals surface area (Å²) in [5.74, 6) is 0. The van der Waals surface area contributed by atoms with Crippen molar-refractivity contribution in [3.63, 3.8) is 0 Å². The number of nitro benzene ring substituents is 1. The van der Waals surface area contributed by atoms with Crippen LogP contribution in [-0.4, -0.2) is 22.7 Å². The minimum atomic E-state index is -1.04. The minimum Gasteiger partial charge on any atom is -0.465 e. The summed E-state index contributed by atoms with van der Waals surface area (Å²) in [5.41, 5.74) is 1.28. The highest BCUT2D eigenvalue weighted by Gasteiger charge is 2.49. The van der Waals surface area contributed by atoms with E-state index in [1.54, 1.807) is 6.07 Å². The molecule has 1 fully saturated rings. The Balaban J connectivity index is 2.12. The predicted molar refractivity (Wildman–Crippen MR) is 64.0 cm³/mol. The third-order valence-corrected chi connectivity index (χ3v) is 4.06. The molecule has 1 N–H and O–H groups in total. The van der Waals surface area contributed by atoms with Crippen molar-refractivity contribution >= 4 is 17.5 Å². The normalized spacial score (nSPS) is 19.4. The molecule has 1 aliphatic carbocycles. The van der Waals surface area contributed by atoms with Gasteiger partial charge in [-0.15, -0.1) is 0 Å². The smallest absolute Gasteiger partial charge is 0.411 e. The van der Waals surface area contributed by atoms with E-state index in [1.807, 2.05) is 0 Å². The number of hydrogen-bond donors (Lipinski definition) is 1. The molecule has 94 valence electrons. The van der Waals surface area contributed by atoms with Gasteiger partial charge in [-0.05, 0) is 24.5 Å². The van der Waals surface area contributed by atoms with Crippen molar-refractivity contribution in [2.75, 3.05) is 11.4 Å². The molecule has 1 aliphatic heterocycles. The number of hydrogen-bond acceptors (Lipinski definition) is 3. The second kappa shape index (κ2) is 3.44. The summed E-state index contributed by atoms with van der Waals surface area (Å²) in [7, 11) is 0. The summed E-state index contributed by atoms with van der Waals surface area (Å²) in [6, 6.07) is 4.55. The summed E-state index contributed by atoms with van der Waals surface area (Å²) < 4.78 is 0. The maximum atomic E-state index is 11.2. The molecule has 0 saturated heterocycles. The van der Waals surface area contributed by atoms with Crippen LogP contribution in [0.3, 0.4) is 0 Å². The molecule has 6 nitrogen and oxygen atoms in total. The van der Waals surface area contributed by atoms with Gasteiger partial charge in [-0.25, -0.2) is 4.79 Å². The van der Waals surface area contributed by atoms with Crippen LogP contribution in [-0.2, 0) is 5.41 Å². The number of nitrogens with zero attached hydrogens (tertiary/aromatic N) is 2. The average Bonchev–Trinajstić information content (AvgIpc) is 2.62. The van der Waals surface area contributed by atoms with Gasteiger partial charge in [0.2, 0.25) is 0 Å². The number of non-ortho nitro benzene ring substituents is 1. The predicted octanol–water partition coefficient (Wildman–Crippen LogP) is 2.51. The van der Waals surface area contributed by atoms with Gasteiger partial charge in [0.15, 0.2) is 0 Å². The number of carbonyl (C=O) groups is 1. The van der Waals surface area contributed by atoms with E-state index in [0.717, 1.165) is 24.8 Å². The van der Waals surface area contributed by atoms with Crippen LogP contribution in [0.25, 0.3) is 0 Å². The van der Waals surface area contributed by atoms with Crippen LogP contribution in [0.1, 0.15) is 24.8 Å². The van der Waals surface area contributed by atoms with Gasteiger partial charge in [0, 0.05) is 24.1 Å². The number of benzene rings is 1. The molecule has 1 spiro atoms. The molecule has 2 aliphatic rings. The number of fused-ring (bicyclic) bond motifs is 2. The minimum absolute atomic E-state index is 0.0589.